The van der Waals surface area contributed by atoms with Crippen LogP contribution in [-0.2, 0) is 0 Å². The van der Waals surface area contributed by atoms with Crippen molar-refractivity contribution in [3.8, 4) is 5.75 Å². The molecule has 0 saturated carbocycles. The predicted molar refractivity (Wildman–Crippen MR) is 79.5 cm³/mol. The van der Waals surface area contributed by atoms with Crippen LogP contribution in [0.15, 0.2) is 47.6 Å². The minimum absolute atomic E-state index is 0.194. The summed E-state index contributed by atoms with van der Waals surface area (Å²) in [5.74, 6) is -0.420. The Morgan fingerprint density at radius 3 is 2.81 bits per heavy atom. The van der Waals surface area contributed by atoms with Crippen molar-refractivity contribution in [2.75, 3.05) is 7.11 Å². The molecular formula is C15H12ClFN2O2. The van der Waals surface area contributed by atoms with Gasteiger partial charge in [-0.25, -0.2) is 9.82 Å². The molecule has 108 valence electrons. The first-order valence-electron chi connectivity index (χ1n) is 6.02. The normalized spacial score (nSPS) is 10.6. The largest absolute Gasteiger partial charge is 0.495 e. The molecule has 0 unspecified atom stereocenters. The van der Waals surface area contributed by atoms with Crippen molar-refractivity contribution < 1.29 is 13.9 Å². The van der Waals surface area contributed by atoms with Crippen LogP contribution in [0.1, 0.15) is 15.9 Å². The zero-order valence-corrected chi connectivity index (χ0v) is 11.9. The van der Waals surface area contributed by atoms with Gasteiger partial charge >= 0.3 is 0 Å². The average molecular weight is 307 g/mol. The van der Waals surface area contributed by atoms with Gasteiger partial charge in [0.2, 0.25) is 0 Å². The fourth-order valence-corrected chi connectivity index (χ4v) is 1.89. The van der Waals surface area contributed by atoms with Crippen molar-refractivity contribution in [1.29, 1.82) is 0 Å². The van der Waals surface area contributed by atoms with E-state index in [1.54, 1.807) is 18.2 Å². The first-order chi connectivity index (χ1) is 10.1. The quantitative estimate of drug-likeness (QED) is 0.696. The van der Waals surface area contributed by atoms with Gasteiger partial charge in [0.1, 0.15) is 11.6 Å². The fourth-order valence-electron chi connectivity index (χ4n) is 1.62. The maximum absolute atomic E-state index is 13.0. The van der Waals surface area contributed by atoms with Crippen LogP contribution in [0, 0.1) is 5.82 Å². The summed E-state index contributed by atoms with van der Waals surface area (Å²) in [6.07, 6.45) is 1.43. The average Bonchev–Trinajstić information content (AvgIpc) is 2.47. The van der Waals surface area contributed by atoms with E-state index in [-0.39, 0.29) is 5.56 Å². The maximum Gasteiger partial charge on any atom is 0.271 e. The number of benzene rings is 2. The first-order valence-corrected chi connectivity index (χ1v) is 6.40. The third-order valence-corrected chi connectivity index (χ3v) is 2.94. The molecule has 0 radical (unpaired) electrons. The SMILES string of the molecule is COc1ccc(C=NNC(=O)c2cccc(F)c2)cc1Cl. The predicted octanol–water partition coefficient (Wildman–Crippen LogP) is 3.25. The molecule has 2 aromatic carbocycles. The molecule has 0 spiro atoms. The number of nitrogens with one attached hydrogen (secondary N) is 1. The number of rotatable bonds is 4. The van der Waals surface area contributed by atoms with E-state index in [0.717, 1.165) is 6.07 Å². The van der Waals surface area contributed by atoms with E-state index in [4.69, 9.17) is 16.3 Å². The lowest BCUT2D eigenvalue weighted by Gasteiger charge is -2.03. The van der Waals surface area contributed by atoms with Crippen LogP contribution < -0.4 is 10.2 Å². The van der Waals surface area contributed by atoms with Crippen molar-refractivity contribution in [2.45, 2.75) is 0 Å². The smallest absolute Gasteiger partial charge is 0.271 e. The first kappa shape index (κ1) is 15.0. The second kappa shape index (κ2) is 6.85. The summed E-state index contributed by atoms with van der Waals surface area (Å²) in [4.78, 5) is 11.7. The molecular weight excluding hydrogens is 295 g/mol. The standard InChI is InChI=1S/C15H12ClFN2O2/c1-21-14-6-5-10(7-13(14)16)9-18-19-15(20)11-3-2-4-12(17)8-11/h2-9H,1H3,(H,19,20). The summed E-state index contributed by atoms with van der Waals surface area (Å²) in [6, 6.07) is 10.4. The van der Waals surface area contributed by atoms with Gasteiger partial charge in [-0.15, -0.1) is 0 Å². The zero-order valence-electron chi connectivity index (χ0n) is 11.1. The van der Waals surface area contributed by atoms with Gasteiger partial charge in [0.05, 0.1) is 18.3 Å². The number of methoxy groups -OCH3 is 1. The number of hydrogen-bond acceptors (Lipinski definition) is 3. The summed E-state index contributed by atoms with van der Waals surface area (Å²) < 4.78 is 18.0. The van der Waals surface area contributed by atoms with Crippen LogP contribution in [-0.4, -0.2) is 19.2 Å². The number of hydrazone groups is 1. The molecule has 1 amide bonds. The molecule has 2 rings (SSSR count). The van der Waals surface area contributed by atoms with Crippen LogP contribution >= 0.6 is 11.6 Å². The molecule has 0 aliphatic heterocycles. The summed E-state index contributed by atoms with van der Waals surface area (Å²) in [7, 11) is 1.52. The highest BCUT2D eigenvalue weighted by atomic mass is 35.5. The van der Waals surface area contributed by atoms with Crippen LogP contribution in [0.3, 0.4) is 0 Å². The monoisotopic (exact) mass is 306 g/mol. The highest BCUT2D eigenvalue weighted by Crippen LogP contribution is 2.24. The van der Waals surface area contributed by atoms with E-state index in [1.165, 1.54) is 31.5 Å². The Bertz CT molecular complexity index is 689. The molecule has 0 heterocycles. The van der Waals surface area contributed by atoms with E-state index in [1.807, 2.05) is 0 Å². The summed E-state index contributed by atoms with van der Waals surface area (Å²) >= 11 is 5.97. The molecule has 2 aromatic rings. The van der Waals surface area contributed by atoms with Gasteiger partial charge in [-0.1, -0.05) is 17.7 Å². The molecule has 0 aliphatic carbocycles. The Balaban J connectivity index is 2.02. The van der Waals surface area contributed by atoms with Gasteiger partial charge in [0.25, 0.3) is 5.91 Å². The maximum atomic E-state index is 13.0. The molecule has 0 atom stereocenters. The van der Waals surface area contributed by atoms with Crippen molar-refractivity contribution >= 4 is 23.7 Å². The number of carbonyl (C=O) groups is 1. The van der Waals surface area contributed by atoms with E-state index in [2.05, 4.69) is 10.5 Å². The van der Waals surface area contributed by atoms with E-state index >= 15 is 0 Å². The lowest BCUT2D eigenvalue weighted by atomic mass is 10.2. The number of carbonyl (C=O) groups excluding carboxylic acids is 1. The molecule has 6 heteroatoms. The zero-order chi connectivity index (χ0) is 15.2. The van der Waals surface area contributed by atoms with Gasteiger partial charge in [-0.2, -0.15) is 5.10 Å². The molecule has 21 heavy (non-hydrogen) atoms. The Hall–Kier alpha value is -2.40. The topological polar surface area (TPSA) is 50.7 Å². The second-order valence-electron chi connectivity index (χ2n) is 4.10. The Kier molecular flexibility index (Phi) is 4.90. The molecule has 4 nitrogen and oxygen atoms in total. The number of amides is 1. The van der Waals surface area contributed by atoms with Crippen LogP contribution in [0.4, 0.5) is 4.39 Å². The van der Waals surface area contributed by atoms with Crippen molar-refractivity contribution in [3.05, 3.63) is 64.4 Å². The number of nitrogens with zero attached hydrogens (tertiary/aromatic N) is 1. The van der Waals surface area contributed by atoms with Crippen LogP contribution in [0.2, 0.25) is 5.02 Å². The van der Waals surface area contributed by atoms with Gasteiger partial charge in [-0.05, 0) is 42.0 Å². The minimum Gasteiger partial charge on any atom is -0.495 e. The Labute approximate surface area is 126 Å². The van der Waals surface area contributed by atoms with Crippen molar-refractivity contribution in [3.63, 3.8) is 0 Å². The van der Waals surface area contributed by atoms with Gasteiger partial charge in [0, 0.05) is 5.56 Å². The van der Waals surface area contributed by atoms with E-state index in [0.29, 0.717) is 16.3 Å². The molecule has 0 saturated heterocycles. The van der Waals surface area contributed by atoms with Crippen LogP contribution in [0.25, 0.3) is 0 Å². The fraction of sp³-hybridized carbons (Fsp3) is 0.0667. The highest BCUT2D eigenvalue weighted by molar-refractivity contribution is 6.32. The third-order valence-electron chi connectivity index (χ3n) is 2.64. The second-order valence-corrected chi connectivity index (χ2v) is 4.51. The van der Waals surface area contributed by atoms with Crippen molar-refractivity contribution in [2.24, 2.45) is 5.10 Å². The molecule has 0 bridgehead atoms. The molecule has 0 fully saturated rings. The Morgan fingerprint density at radius 2 is 2.14 bits per heavy atom. The van der Waals surface area contributed by atoms with Crippen LogP contribution in [0.5, 0.6) is 5.75 Å². The number of ether oxygens (including phenoxy) is 1. The third kappa shape index (κ3) is 4.03. The molecule has 0 aliphatic rings. The summed E-state index contributed by atoms with van der Waals surface area (Å²) in [6.45, 7) is 0. The molecule has 1 N–H and O–H groups in total. The van der Waals surface area contributed by atoms with Gasteiger partial charge in [-0.3, -0.25) is 4.79 Å². The Morgan fingerprint density at radius 1 is 1.33 bits per heavy atom. The van der Waals surface area contributed by atoms with Gasteiger partial charge in [0.15, 0.2) is 0 Å². The van der Waals surface area contributed by atoms with E-state index in [9.17, 15) is 9.18 Å². The summed E-state index contributed by atoms with van der Waals surface area (Å²) in [5, 5.41) is 4.24. The minimum atomic E-state index is -0.495. The number of halogens is 2. The van der Waals surface area contributed by atoms with Crippen molar-refractivity contribution in [1.82, 2.24) is 5.43 Å². The lowest BCUT2D eigenvalue weighted by Crippen LogP contribution is -2.17. The van der Waals surface area contributed by atoms with E-state index < -0.39 is 11.7 Å². The number of hydrogen-bond donors (Lipinski definition) is 1. The summed E-state index contributed by atoms with van der Waals surface area (Å²) in [5.41, 5.74) is 3.20. The van der Waals surface area contributed by atoms with Gasteiger partial charge < -0.3 is 4.74 Å². The molecule has 0 aromatic heterocycles. The lowest BCUT2D eigenvalue weighted by molar-refractivity contribution is 0.0954. The highest BCUT2D eigenvalue weighted by Gasteiger charge is 2.04.